The Morgan fingerprint density at radius 3 is 3.10 bits per heavy atom. The van der Waals surface area contributed by atoms with Gasteiger partial charge in [-0.25, -0.2) is 9.67 Å². The van der Waals surface area contributed by atoms with Gasteiger partial charge in [0.25, 0.3) is 0 Å². The van der Waals surface area contributed by atoms with Crippen molar-refractivity contribution in [3.63, 3.8) is 0 Å². The molecule has 2 aromatic heterocycles. The maximum Gasteiger partial charge on any atom is 0.147 e. The number of nitrogens with zero attached hydrogens (tertiary/aromatic N) is 3. The Hall–Kier alpha value is -1.62. The predicted molar refractivity (Wildman–Crippen MR) is 76.4 cm³/mol. The molecule has 0 saturated carbocycles. The molecule has 20 heavy (non-hydrogen) atoms. The van der Waals surface area contributed by atoms with Crippen molar-refractivity contribution in [1.82, 2.24) is 20.1 Å². The normalized spacial score (nSPS) is 19.9. The molecule has 2 aromatic rings. The largest absolute Gasteiger partial charge is 0.464 e. The fraction of sp³-hybridized carbons (Fsp3) is 0.600. The van der Waals surface area contributed by atoms with E-state index in [1.165, 1.54) is 0 Å². The van der Waals surface area contributed by atoms with Crippen LogP contribution in [-0.4, -0.2) is 14.8 Å². The summed E-state index contributed by atoms with van der Waals surface area (Å²) < 4.78 is 7.85. The Morgan fingerprint density at radius 1 is 1.50 bits per heavy atom. The standard InChI is InChI=1S/C15H22N4O/c1-4-12-7-8-14(20-12)10(2)16-13-6-5-9-19-15(13)17-11(3)18-19/h7-8,10,13,16H,4-6,9H2,1-3H3/t10-,13-/m1/s1. The fourth-order valence-corrected chi connectivity index (χ4v) is 2.83. The molecule has 0 aromatic carbocycles. The Kier molecular flexibility index (Phi) is 3.61. The second kappa shape index (κ2) is 5.40. The van der Waals surface area contributed by atoms with Crippen molar-refractivity contribution in [3.8, 4) is 0 Å². The highest BCUT2D eigenvalue weighted by Gasteiger charge is 2.25. The molecule has 0 bridgehead atoms. The molecule has 0 spiro atoms. The molecule has 0 saturated heterocycles. The van der Waals surface area contributed by atoms with Crippen LogP contribution in [0.2, 0.25) is 0 Å². The van der Waals surface area contributed by atoms with Gasteiger partial charge in [-0.05, 0) is 38.8 Å². The van der Waals surface area contributed by atoms with E-state index in [-0.39, 0.29) is 12.1 Å². The summed E-state index contributed by atoms with van der Waals surface area (Å²) in [6.07, 6.45) is 3.17. The van der Waals surface area contributed by atoms with Crippen LogP contribution in [0, 0.1) is 6.92 Å². The van der Waals surface area contributed by atoms with Crippen LogP contribution in [0.5, 0.6) is 0 Å². The monoisotopic (exact) mass is 274 g/mol. The summed E-state index contributed by atoms with van der Waals surface area (Å²) in [5.74, 6) is 3.95. The van der Waals surface area contributed by atoms with E-state index in [9.17, 15) is 0 Å². The SMILES string of the molecule is CCc1ccc([C@@H](C)N[C@@H]2CCCn3nc(C)nc32)o1. The number of hydrogen-bond acceptors (Lipinski definition) is 4. The van der Waals surface area contributed by atoms with Crippen molar-refractivity contribution in [2.45, 2.75) is 58.7 Å². The van der Waals surface area contributed by atoms with E-state index < -0.39 is 0 Å². The minimum Gasteiger partial charge on any atom is -0.464 e. The maximum absolute atomic E-state index is 5.82. The molecule has 0 radical (unpaired) electrons. The lowest BCUT2D eigenvalue weighted by Gasteiger charge is -2.25. The molecular weight excluding hydrogens is 252 g/mol. The van der Waals surface area contributed by atoms with Crippen molar-refractivity contribution >= 4 is 0 Å². The van der Waals surface area contributed by atoms with Gasteiger partial charge >= 0.3 is 0 Å². The molecule has 0 unspecified atom stereocenters. The zero-order chi connectivity index (χ0) is 14.1. The molecule has 5 nitrogen and oxygen atoms in total. The van der Waals surface area contributed by atoms with Gasteiger partial charge in [-0.2, -0.15) is 5.10 Å². The third kappa shape index (κ3) is 2.50. The molecule has 5 heteroatoms. The average Bonchev–Trinajstić information content (AvgIpc) is 3.04. The maximum atomic E-state index is 5.82. The number of hydrogen-bond donors (Lipinski definition) is 1. The van der Waals surface area contributed by atoms with Crippen LogP contribution in [0.4, 0.5) is 0 Å². The first-order chi connectivity index (χ1) is 9.67. The highest BCUT2D eigenvalue weighted by atomic mass is 16.3. The third-order valence-electron chi connectivity index (χ3n) is 3.89. The van der Waals surface area contributed by atoms with Crippen LogP contribution in [0.25, 0.3) is 0 Å². The molecule has 3 rings (SSSR count). The fourth-order valence-electron chi connectivity index (χ4n) is 2.83. The highest BCUT2D eigenvalue weighted by molar-refractivity contribution is 5.11. The summed E-state index contributed by atoms with van der Waals surface area (Å²) in [5, 5.41) is 8.07. The number of nitrogens with one attached hydrogen (secondary N) is 1. The van der Waals surface area contributed by atoms with E-state index in [1.807, 2.05) is 11.6 Å². The van der Waals surface area contributed by atoms with Crippen molar-refractivity contribution in [3.05, 3.63) is 35.3 Å². The molecule has 0 aliphatic carbocycles. The van der Waals surface area contributed by atoms with Crippen molar-refractivity contribution in [2.75, 3.05) is 0 Å². The number of aromatic nitrogens is 3. The van der Waals surface area contributed by atoms with Gasteiger partial charge in [0.15, 0.2) is 0 Å². The lowest BCUT2D eigenvalue weighted by Crippen LogP contribution is -2.30. The molecule has 3 heterocycles. The second-order valence-electron chi connectivity index (χ2n) is 5.48. The van der Waals surface area contributed by atoms with E-state index in [0.717, 1.165) is 49.0 Å². The molecule has 108 valence electrons. The van der Waals surface area contributed by atoms with Crippen LogP contribution in [0.1, 0.15) is 61.9 Å². The van der Waals surface area contributed by atoms with Crippen molar-refractivity contribution in [2.24, 2.45) is 0 Å². The van der Waals surface area contributed by atoms with Gasteiger partial charge in [-0.15, -0.1) is 0 Å². The van der Waals surface area contributed by atoms with Crippen molar-refractivity contribution < 1.29 is 4.42 Å². The van der Waals surface area contributed by atoms with Gasteiger partial charge in [-0.1, -0.05) is 6.92 Å². The van der Waals surface area contributed by atoms with Gasteiger partial charge in [0.2, 0.25) is 0 Å². The minimum absolute atomic E-state index is 0.184. The van der Waals surface area contributed by atoms with Gasteiger partial charge in [0.05, 0.1) is 12.1 Å². The van der Waals surface area contributed by atoms with E-state index in [1.54, 1.807) is 0 Å². The van der Waals surface area contributed by atoms with Crippen LogP contribution in [0.3, 0.4) is 0 Å². The molecule has 0 amide bonds. The van der Waals surface area contributed by atoms with Crippen molar-refractivity contribution in [1.29, 1.82) is 0 Å². The van der Waals surface area contributed by atoms with Gasteiger partial charge in [-0.3, -0.25) is 5.32 Å². The molecule has 2 atom stereocenters. The number of rotatable bonds is 4. The van der Waals surface area contributed by atoms with Gasteiger partial charge < -0.3 is 4.42 Å². The molecular formula is C15H22N4O. The number of furan rings is 1. The van der Waals surface area contributed by atoms with Gasteiger partial charge in [0.1, 0.15) is 23.2 Å². The first-order valence-electron chi connectivity index (χ1n) is 7.43. The number of aryl methyl sites for hydroxylation is 3. The Bertz CT molecular complexity index is 586. The molecule has 1 aliphatic heterocycles. The van der Waals surface area contributed by atoms with E-state index >= 15 is 0 Å². The zero-order valence-corrected chi connectivity index (χ0v) is 12.4. The Morgan fingerprint density at radius 2 is 2.35 bits per heavy atom. The topological polar surface area (TPSA) is 55.9 Å². The van der Waals surface area contributed by atoms with Crippen LogP contribution in [0.15, 0.2) is 16.5 Å². The highest BCUT2D eigenvalue weighted by Crippen LogP contribution is 2.27. The van der Waals surface area contributed by atoms with E-state index in [2.05, 4.69) is 41.4 Å². The number of fused-ring (bicyclic) bond motifs is 1. The Labute approximate surface area is 119 Å². The Balaban J connectivity index is 1.74. The summed E-state index contributed by atoms with van der Waals surface area (Å²) in [4.78, 5) is 4.56. The summed E-state index contributed by atoms with van der Waals surface area (Å²) in [6.45, 7) is 7.17. The molecule has 1 N–H and O–H groups in total. The minimum atomic E-state index is 0.184. The van der Waals surface area contributed by atoms with Crippen LogP contribution >= 0.6 is 0 Å². The molecule has 0 fully saturated rings. The summed E-state index contributed by atoms with van der Waals surface area (Å²) >= 11 is 0. The lowest BCUT2D eigenvalue weighted by atomic mass is 10.1. The first-order valence-corrected chi connectivity index (χ1v) is 7.43. The van der Waals surface area contributed by atoms with E-state index in [4.69, 9.17) is 4.42 Å². The summed E-state index contributed by atoms with van der Waals surface area (Å²) in [7, 11) is 0. The summed E-state index contributed by atoms with van der Waals surface area (Å²) in [5.41, 5.74) is 0. The average molecular weight is 274 g/mol. The predicted octanol–water partition coefficient (Wildman–Crippen LogP) is 2.93. The van der Waals surface area contributed by atoms with E-state index in [0.29, 0.717) is 0 Å². The van der Waals surface area contributed by atoms with Crippen LogP contribution < -0.4 is 5.32 Å². The van der Waals surface area contributed by atoms with Gasteiger partial charge in [0, 0.05) is 13.0 Å². The summed E-state index contributed by atoms with van der Waals surface area (Å²) in [6, 6.07) is 4.56. The third-order valence-corrected chi connectivity index (χ3v) is 3.89. The lowest BCUT2D eigenvalue weighted by molar-refractivity contribution is 0.319. The quantitative estimate of drug-likeness (QED) is 0.931. The zero-order valence-electron chi connectivity index (χ0n) is 12.4. The second-order valence-corrected chi connectivity index (χ2v) is 5.48. The smallest absolute Gasteiger partial charge is 0.147 e. The first kappa shape index (κ1) is 13.4. The van der Waals surface area contributed by atoms with Crippen LogP contribution in [-0.2, 0) is 13.0 Å². The molecule has 1 aliphatic rings.